The van der Waals surface area contributed by atoms with Crippen molar-refractivity contribution in [3.8, 4) is 0 Å². The van der Waals surface area contributed by atoms with Crippen LogP contribution in [0.15, 0.2) is 12.2 Å². The van der Waals surface area contributed by atoms with Gasteiger partial charge in [-0.3, -0.25) is 4.79 Å². The lowest BCUT2D eigenvalue weighted by molar-refractivity contribution is -0.152. The molecule has 3 aliphatic carbocycles. The fourth-order valence-corrected chi connectivity index (χ4v) is 7.97. The molecule has 0 saturated heterocycles. The number of rotatable bonds is 9. The Morgan fingerprint density at radius 2 is 1.24 bits per heavy atom. The molecule has 12 heteroatoms. The highest BCUT2D eigenvalue weighted by Gasteiger charge is 2.75. The van der Waals surface area contributed by atoms with Gasteiger partial charge in [0.15, 0.2) is 5.25 Å². The smallest absolute Gasteiger partial charge is 0.333 e. The van der Waals surface area contributed by atoms with Crippen molar-refractivity contribution in [2.45, 2.75) is 108 Å². The molecular weight excluding hydrogens is 541 g/mol. The molecule has 0 spiro atoms. The van der Waals surface area contributed by atoms with Crippen LogP contribution in [0.25, 0.3) is 0 Å². The minimum atomic E-state index is -10.3. The van der Waals surface area contributed by atoms with Crippen LogP contribution in [0.1, 0.15) is 84.0 Å². The molecule has 3 fully saturated rings. The molecule has 38 heavy (non-hydrogen) atoms. The molecule has 0 aromatic heterocycles. The fourth-order valence-electron chi connectivity index (χ4n) is 6.63. The van der Waals surface area contributed by atoms with E-state index in [0.717, 1.165) is 38.5 Å². The summed E-state index contributed by atoms with van der Waals surface area (Å²) in [6.45, 7) is 5.14. The van der Waals surface area contributed by atoms with Crippen LogP contribution in [0.5, 0.6) is 0 Å². The number of hydrogen-bond donors (Lipinski definition) is 0. The Bertz CT molecular complexity index is 853. The average Bonchev–Trinajstić information content (AvgIpc) is 2.80. The van der Waals surface area contributed by atoms with E-state index >= 15 is 0 Å². The molecule has 2 atom stereocenters. The highest BCUT2D eigenvalue weighted by molar-refractivity contribution is 8.46. The topological polar surface area (TPSA) is 52.6 Å². The third kappa shape index (κ3) is 8.52. The minimum absolute atomic E-state index is 0.117. The molecule has 0 amide bonds. The molecule has 3 aliphatic rings. The monoisotopic (exact) mass is 580 g/mol. The van der Waals surface area contributed by atoms with Crippen LogP contribution in [0.3, 0.4) is 0 Å². The third-order valence-electron chi connectivity index (χ3n) is 8.56. The maximum Gasteiger partial charge on any atom is 0.333 e. The van der Waals surface area contributed by atoms with Gasteiger partial charge in [-0.1, -0.05) is 26.0 Å². The van der Waals surface area contributed by atoms with E-state index in [1.54, 1.807) is 6.92 Å². The Kier molecular flexibility index (Phi) is 9.15. The normalized spacial score (nSPS) is 36.4. The summed E-state index contributed by atoms with van der Waals surface area (Å²) in [5, 5.41) is -3.80. The SMILES string of the molecule is C=C(C)C(=O)OCCCC(=O)OC1CCC(C2CCC(C3CC(F)C(S(F)(F)(F)(F)F)C(F)C3)CC2)CC1. The van der Waals surface area contributed by atoms with E-state index in [2.05, 4.69) is 6.58 Å². The van der Waals surface area contributed by atoms with Crippen LogP contribution in [-0.4, -0.2) is 42.2 Å². The summed E-state index contributed by atoms with van der Waals surface area (Å²) in [6, 6.07) is 0. The van der Waals surface area contributed by atoms with Crippen molar-refractivity contribution in [3.05, 3.63) is 12.2 Å². The van der Waals surface area contributed by atoms with E-state index in [9.17, 15) is 37.8 Å². The Balaban J connectivity index is 1.36. The number of halogens is 7. The summed E-state index contributed by atoms with van der Waals surface area (Å²) in [4.78, 5) is 23.4. The number of hydrogen-bond acceptors (Lipinski definition) is 4. The number of carbonyl (C=O) groups is 2. The van der Waals surface area contributed by atoms with E-state index in [4.69, 9.17) is 9.47 Å². The molecule has 0 aromatic rings. The second-order valence-electron chi connectivity index (χ2n) is 11.5. The first-order chi connectivity index (χ1) is 17.4. The van der Waals surface area contributed by atoms with Crippen molar-refractivity contribution in [2.75, 3.05) is 6.61 Å². The molecule has 0 heterocycles. The molecule has 0 N–H and O–H groups in total. The van der Waals surface area contributed by atoms with Gasteiger partial charge in [-0.05, 0) is 101 Å². The largest absolute Gasteiger partial charge is 0.462 e. The summed E-state index contributed by atoms with van der Waals surface area (Å²) in [5.41, 5.74) is 0.293. The number of ether oxygens (including phenoxy) is 2. The molecule has 2 unspecified atom stereocenters. The van der Waals surface area contributed by atoms with Gasteiger partial charge in [-0.25, -0.2) is 13.6 Å². The van der Waals surface area contributed by atoms with Gasteiger partial charge in [0.2, 0.25) is 0 Å². The van der Waals surface area contributed by atoms with Gasteiger partial charge in [0, 0.05) is 12.0 Å². The predicted octanol–water partition coefficient (Wildman–Crippen LogP) is 8.55. The fraction of sp³-hybridized carbons (Fsp3) is 0.846. The van der Waals surface area contributed by atoms with Crippen LogP contribution >= 0.6 is 10.2 Å². The van der Waals surface area contributed by atoms with Crippen LogP contribution < -0.4 is 0 Å². The van der Waals surface area contributed by atoms with Crippen LogP contribution in [0.2, 0.25) is 0 Å². The molecule has 4 nitrogen and oxygen atoms in total. The van der Waals surface area contributed by atoms with Gasteiger partial charge >= 0.3 is 11.9 Å². The highest BCUT2D eigenvalue weighted by atomic mass is 32.5. The molecule has 222 valence electrons. The molecular formula is C26H39F7O4S. The zero-order chi connectivity index (χ0) is 28.4. The van der Waals surface area contributed by atoms with Gasteiger partial charge in [0.25, 0.3) is 10.2 Å². The van der Waals surface area contributed by atoms with Crippen molar-refractivity contribution in [3.63, 3.8) is 0 Å². The first-order valence-electron chi connectivity index (χ1n) is 13.5. The number of carbonyl (C=O) groups excluding carboxylic acids is 2. The summed E-state index contributed by atoms with van der Waals surface area (Å²) >= 11 is 0. The van der Waals surface area contributed by atoms with Gasteiger partial charge in [0.05, 0.1) is 6.61 Å². The van der Waals surface area contributed by atoms with Crippen molar-refractivity contribution in [1.82, 2.24) is 0 Å². The maximum atomic E-state index is 14.3. The third-order valence-corrected chi connectivity index (χ3v) is 10.2. The number of alkyl halides is 2. The first-order valence-corrected chi connectivity index (χ1v) is 15.5. The maximum absolute atomic E-state index is 14.3. The lowest BCUT2D eigenvalue weighted by Crippen LogP contribution is -2.48. The quantitative estimate of drug-likeness (QED) is 0.119. The lowest BCUT2D eigenvalue weighted by atomic mass is 9.66. The second-order valence-corrected chi connectivity index (χ2v) is 14.1. The first kappa shape index (κ1) is 31.1. The second kappa shape index (κ2) is 11.2. The van der Waals surface area contributed by atoms with Gasteiger partial charge in [-0.2, -0.15) is 0 Å². The van der Waals surface area contributed by atoms with E-state index in [1.165, 1.54) is 0 Å². The molecule has 0 aromatic carbocycles. The molecule has 3 rings (SSSR count). The van der Waals surface area contributed by atoms with Gasteiger partial charge in [0.1, 0.15) is 18.4 Å². The minimum Gasteiger partial charge on any atom is -0.462 e. The van der Waals surface area contributed by atoms with Crippen molar-refractivity contribution >= 4 is 22.2 Å². The predicted molar refractivity (Wildman–Crippen MR) is 132 cm³/mol. The molecule has 0 bridgehead atoms. The Hall–Kier alpha value is -1.46. The zero-order valence-electron chi connectivity index (χ0n) is 21.7. The summed E-state index contributed by atoms with van der Waals surface area (Å²) in [7, 11) is -10.3. The van der Waals surface area contributed by atoms with Crippen molar-refractivity contribution in [2.24, 2.45) is 23.7 Å². The van der Waals surface area contributed by atoms with Crippen molar-refractivity contribution in [1.29, 1.82) is 0 Å². The summed E-state index contributed by atoms with van der Waals surface area (Å²) < 4.78 is 105. The number of esters is 2. The highest BCUT2D eigenvalue weighted by Crippen LogP contribution is 3.01. The van der Waals surface area contributed by atoms with Crippen LogP contribution in [-0.2, 0) is 19.1 Å². The van der Waals surface area contributed by atoms with E-state index in [1.807, 2.05) is 0 Å². The van der Waals surface area contributed by atoms with E-state index < -0.39 is 52.5 Å². The van der Waals surface area contributed by atoms with Crippen molar-refractivity contribution < 1.29 is 47.3 Å². The van der Waals surface area contributed by atoms with Crippen LogP contribution in [0, 0.1) is 23.7 Å². The van der Waals surface area contributed by atoms with Gasteiger partial charge in [-0.15, -0.1) is 0 Å². The standard InChI is InChI=1S/C26H39F7O4S/c1-16(2)26(35)36-13-3-4-24(34)37-21-11-9-18(10-12-21)17-5-7-19(8-6-17)20-14-22(27)25(23(28)15-20)38(29,30,31,32)33/h17-23,25H,1,3-15H2,2H3. The molecule has 0 aliphatic heterocycles. The molecule has 3 saturated carbocycles. The van der Waals surface area contributed by atoms with Crippen LogP contribution in [0.4, 0.5) is 28.2 Å². The summed E-state index contributed by atoms with van der Waals surface area (Å²) in [6.07, 6.45) is -0.782. The Morgan fingerprint density at radius 1 is 0.789 bits per heavy atom. The van der Waals surface area contributed by atoms with E-state index in [0.29, 0.717) is 36.7 Å². The average molecular weight is 581 g/mol. The Morgan fingerprint density at radius 3 is 1.68 bits per heavy atom. The lowest BCUT2D eigenvalue weighted by Gasteiger charge is -2.52. The Labute approximate surface area is 219 Å². The zero-order valence-corrected chi connectivity index (χ0v) is 22.5. The molecule has 0 radical (unpaired) electrons. The van der Waals surface area contributed by atoms with Gasteiger partial charge < -0.3 is 9.47 Å². The summed E-state index contributed by atoms with van der Waals surface area (Å²) in [5.74, 6) is -0.847. The van der Waals surface area contributed by atoms with E-state index in [-0.39, 0.29) is 31.0 Å².